The molecule has 3 fully saturated rings. The minimum atomic E-state index is -1.60. The third-order valence-corrected chi connectivity index (χ3v) is 10.3. The molecule has 2 aromatic carbocycles. The Bertz CT molecular complexity index is 1600. The molecular formula is C37H44Cl2N2O8. The average molecular weight is 716 g/mol. The van der Waals surface area contributed by atoms with Gasteiger partial charge in [-0.05, 0) is 85.9 Å². The molecule has 0 spiro atoms. The standard InChI is InChI=1S/C37H44Cl2N2O8/c38-29-18-24(22-48-37(12-13-37)28-19-40-14-10-26(28)27-6-1-2-7-32(27)49-25-8-9-25)30(39)17-23(29)5-3-4-15-41-20-33(47-16-11-34(41)44)36(46)35(45)31(43)21-42/h1-2,6-7,10,14,17-19,25,31,33,35-36,42-43,45-46H,3-5,8-9,11-13,15-16,20-22H2/t31?,33-,35?,36?/m0/s1. The number of benzene rings is 2. The van der Waals surface area contributed by atoms with Gasteiger partial charge in [-0.2, -0.15) is 0 Å². The third-order valence-electron chi connectivity index (χ3n) is 9.57. The quantitative estimate of drug-likeness (QED) is 0.154. The van der Waals surface area contributed by atoms with Crippen LogP contribution in [0.2, 0.25) is 10.0 Å². The Kier molecular flexibility index (Phi) is 11.8. The largest absolute Gasteiger partial charge is 0.490 e. The minimum Gasteiger partial charge on any atom is -0.490 e. The van der Waals surface area contributed by atoms with Gasteiger partial charge in [-0.25, -0.2) is 0 Å². The molecule has 0 bridgehead atoms. The number of carbonyl (C=O) groups is 1. The monoisotopic (exact) mass is 714 g/mol. The Morgan fingerprint density at radius 2 is 1.78 bits per heavy atom. The van der Waals surface area contributed by atoms with Gasteiger partial charge in [0.05, 0.1) is 37.9 Å². The second-order valence-corrected chi connectivity index (χ2v) is 14.1. The van der Waals surface area contributed by atoms with Crippen molar-refractivity contribution >= 4 is 29.1 Å². The molecule has 49 heavy (non-hydrogen) atoms. The number of hydrogen-bond donors (Lipinski definition) is 4. The molecule has 1 saturated heterocycles. The summed E-state index contributed by atoms with van der Waals surface area (Å²) in [4.78, 5) is 18.7. The molecule has 2 aliphatic carbocycles. The predicted molar refractivity (Wildman–Crippen MR) is 184 cm³/mol. The highest BCUT2D eigenvalue weighted by Gasteiger charge is 2.48. The van der Waals surface area contributed by atoms with Gasteiger partial charge in [0.15, 0.2) is 0 Å². The molecule has 4 atom stereocenters. The van der Waals surface area contributed by atoms with Crippen molar-refractivity contribution in [3.05, 3.63) is 81.6 Å². The first kappa shape index (κ1) is 36.0. The first-order valence-electron chi connectivity index (χ1n) is 17.0. The highest BCUT2D eigenvalue weighted by atomic mass is 35.5. The number of aryl methyl sites for hydroxylation is 1. The maximum atomic E-state index is 12.7. The fourth-order valence-electron chi connectivity index (χ4n) is 6.33. The van der Waals surface area contributed by atoms with Crippen LogP contribution in [0.4, 0.5) is 0 Å². The number of amides is 1. The normalized spacial score (nSPS) is 20.8. The van der Waals surface area contributed by atoms with Crippen LogP contribution in [0.3, 0.4) is 0 Å². The van der Waals surface area contributed by atoms with E-state index < -0.39 is 36.6 Å². The zero-order valence-electron chi connectivity index (χ0n) is 27.3. The Labute approximate surface area is 296 Å². The first-order valence-corrected chi connectivity index (χ1v) is 17.8. The second kappa shape index (κ2) is 16.0. The van der Waals surface area contributed by atoms with Crippen LogP contribution in [0.25, 0.3) is 11.1 Å². The summed E-state index contributed by atoms with van der Waals surface area (Å²) in [5, 5.41) is 40.6. The average Bonchev–Trinajstić information content (AvgIpc) is 4.05. The number of carbonyl (C=O) groups excluding carboxylic acids is 1. The van der Waals surface area contributed by atoms with E-state index >= 15 is 0 Å². The van der Waals surface area contributed by atoms with E-state index in [-0.39, 0.29) is 31.6 Å². The SMILES string of the molecule is O=C1CCO[C@H](C(O)C(O)C(O)CO)CN1CCCCc1cc(Cl)c(COC2(c3cnccc3-c3ccccc3OC3CC3)CC2)cc1Cl. The molecule has 4 N–H and O–H groups in total. The van der Waals surface area contributed by atoms with Crippen LogP contribution in [0, 0.1) is 0 Å². The number of aliphatic hydroxyl groups is 4. The molecule has 1 aromatic heterocycles. The van der Waals surface area contributed by atoms with Gasteiger partial charge in [0, 0.05) is 46.7 Å². The van der Waals surface area contributed by atoms with Crippen LogP contribution in [0.1, 0.15) is 61.6 Å². The summed E-state index contributed by atoms with van der Waals surface area (Å²) in [5.41, 5.74) is 4.37. The molecule has 3 aliphatic rings. The lowest BCUT2D eigenvalue weighted by Crippen LogP contribution is -2.50. The highest BCUT2D eigenvalue weighted by molar-refractivity contribution is 6.34. The number of nitrogens with zero attached hydrogens (tertiary/aromatic N) is 2. The maximum absolute atomic E-state index is 12.7. The summed E-state index contributed by atoms with van der Waals surface area (Å²) in [7, 11) is 0. The van der Waals surface area contributed by atoms with Gasteiger partial charge in [-0.15, -0.1) is 0 Å². The smallest absolute Gasteiger partial charge is 0.224 e. The van der Waals surface area contributed by atoms with E-state index in [0.717, 1.165) is 65.7 Å². The summed E-state index contributed by atoms with van der Waals surface area (Å²) in [6.45, 7) is 0.184. The number of rotatable bonds is 16. The van der Waals surface area contributed by atoms with E-state index in [1.165, 1.54) is 0 Å². The third kappa shape index (κ3) is 8.75. The molecule has 6 rings (SSSR count). The van der Waals surface area contributed by atoms with Crippen LogP contribution >= 0.6 is 23.2 Å². The number of para-hydroxylation sites is 1. The molecule has 3 aromatic rings. The van der Waals surface area contributed by atoms with Crippen LogP contribution in [0.15, 0.2) is 54.9 Å². The molecule has 264 valence electrons. The van der Waals surface area contributed by atoms with Crippen molar-refractivity contribution in [2.45, 2.75) is 94.1 Å². The molecule has 1 aliphatic heterocycles. The van der Waals surface area contributed by atoms with Crippen LogP contribution in [-0.2, 0) is 32.9 Å². The lowest BCUT2D eigenvalue weighted by Gasteiger charge is -2.30. The van der Waals surface area contributed by atoms with Crippen LogP contribution < -0.4 is 4.74 Å². The summed E-state index contributed by atoms with van der Waals surface area (Å²) < 4.78 is 18.4. The van der Waals surface area contributed by atoms with Gasteiger partial charge in [0.2, 0.25) is 5.91 Å². The Morgan fingerprint density at radius 3 is 2.53 bits per heavy atom. The Hall–Kier alpha value is -2.80. The second-order valence-electron chi connectivity index (χ2n) is 13.2. The number of pyridine rings is 1. The van der Waals surface area contributed by atoms with Gasteiger partial charge in [0.1, 0.15) is 30.2 Å². The molecule has 2 heterocycles. The number of hydrogen-bond acceptors (Lipinski definition) is 9. The maximum Gasteiger partial charge on any atom is 0.224 e. The van der Waals surface area contributed by atoms with Crippen molar-refractivity contribution in [1.29, 1.82) is 0 Å². The van der Waals surface area contributed by atoms with E-state index in [4.69, 9.17) is 42.5 Å². The number of aromatic nitrogens is 1. The van der Waals surface area contributed by atoms with Crippen LogP contribution in [-0.4, -0.2) is 93.0 Å². The van der Waals surface area contributed by atoms with E-state index in [2.05, 4.69) is 11.1 Å². The van der Waals surface area contributed by atoms with E-state index in [9.17, 15) is 20.1 Å². The Morgan fingerprint density at radius 1 is 1.02 bits per heavy atom. The molecule has 0 radical (unpaired) electrons. The number of unbranched alkanes of at least 4 members (excludes halogenated alkanes) is 1. The van der Waals surface area contributed by atoms with Crippen LogP contribution in [0.5, 0.6) is 5.75 Å². The summed E-state index contributed by atoms with van der Waals surface area (Å²) in [6, 6.07) is 13.9. The van der Waals surface area contributed by atoms with Gasteiger partial charge >= 0.3 is 0 Å². The predicted octanol–water partition coefficient (Wildman–Crippen LogP) is 4.82. The topological polar surface area (TPSA) is 142 Å². The summed E-state index contributed by atoms with van der Waals surface area (Å²) >= 11 is 13.5. The van der Waals surface area contributed by atoms with Gasteiger partial charge in [-0.3, -0.25) is 9.78 Å². The zero-order chi connectivity index (χ0) is 34.5. The lowest BCUT2D eigenvalue weighted by molar-refractivity contribution is -0.135. The number of ether oxygens (including phenoxy) is 3. The fourth-order valence-corrected chi connectivity index (χ4v) is 6.85. The zero-order valence-corrected chi connectivity index (χ0v) is 28.9. The molecular weight excluding hydrogens is 671 g/mol. The van der Waals surface area contributed by atoms with E-state index in [1.54, 1.807) is 11.1 Å². The molecule has 12 heteroatoms. The van der Waals surface area contributed by atoms with E-state index in [1.807, 2.05) is 42.6 Å². The number of halogens is 2. The first-order chi connectivity index (χ1) is 23.7. The molecule has 1 amide bonds. The van der Waals surface area contributed by atoms with Gasteiger partial charge in [-0.1, -0.05) is 41.4 Å². The summed E-state index contributed by atoms with van der Waals surface area (Å²) in [6.07, 6.45) is 4.65. The lowest BCUT2D eigenvalue weighted by atomic mass is 9.96. The van der Waals surface area contributed by atoms with Crippen molar-refractivity contribution in [3.63, 3.8) is 0 Å². The summed E-state index contributed by atoms with van der Waals surface area (Å²) in [5.74, 6) is 0.767. The number of aliphatic hydroxyl groups excluding tert-OH is 4. The van der Waals surface area contributed by atoms with Crippen molar-refractivity contribution in [2.75, 3.05) is 26.3 Å². The minimum absolute atomic E-state index is 0.0687. The van der Waals surface area contributed by atoms with Gasteiger partial charge in [0.25, 0.3) is 0 Å². The van der Waals surface area contributed by atoms with Crippen molar-refractivity contribution in [2.24, 2.45) is 0 Å². The van der Waals surface area contributed by atoms with E-state index in [0.29, 0.717) is 36.0 Å². The molecule has 3 unspecified atom stereocenters. The van der Waals surface area contributed by atoms with Gasteiger partial charge < -0.3 is 39.5 Å². The highest BCUT2D eigenvalue weighted by Crippen LogP contribution is 2.53. The van der Waals surface area contributed by atoms with Crippen molar-refractivity contribution < 1.29 is 39.4 Å². The van der Waals surface area contributed by atoms with Crippen molar-refractivity contribution in [3.8, 4) is 16.9 Å². The van der Waals surface area contributed by atoms with Crippen molar-refractivity contribution in [1.82, 2.24) is 9.88 Å². The molecule has 2 saturated carbocycles. The molecule has 10 nitrogen and oxygen atoms in total. The fraction of sp³-hybridized carbons (Fsp3) is 0.514. The Balaban J connectivity index is 1.05.